The van der Waals surface area contributed by atoms with Crippen LogP contribution in [-0.2, 0) is 9.47 Å². The van der Waals surface area contributed by atoms with Crippen molar-refractivity contribution in [2.75, 3.05) is 11.5 Å². The highest BCUT2D eigenvalue weighted by molar-refractivity contribution is 9.10. The smallest absolute Gasteiger partial charge is 0.163 e. The number of nitrogen functional groups attached to an aromatic ring is 2. The fourth-order valence-electron chi connectivity index (χ4n) is 5.50. The van der Waals surface area contributed by atoms with Gasteiger partial charge in [-0.1, -0.05) is 31.2 Å². The van der Waals surface area contributed by atoms with Crippen LogP contribution in [0, 0.1) is 5.41 Å². The van der Waals surface area contributed by atoms with E-state index in [0.717, 1.165) is 38.4 Å². The van der Waals surface area contributed by atoms with E-state index in [1.165, 1.54) is 6.33 Å². The Morgan fingerprint density at radius 1 is 1.09 bits per heavy atom. The average Bonchev–Trinajstić information content (AvgIpc) is 3.45. The molecule has 1 saturated heterocycles. The summed E-state index contributed by atoms with van der Waals surface area (Å²) in [5, 5.41) is 1.88. The lowest BCUT2D eigenvalue weighted by molar-refractivity contribution is -0.164. The molecule has 4 atom stereocenters. The zero-order valence-electron chi connectivity index (χ0n) is 19.8. The van der Waals surface area contributed by atoms with Crippen molar-refractivity contribution in [3.05, 3.63) is 59.0 Å². The first-order chi connectivity index (χ1) is 16.6. The molecule has 1 saturated carbocycles. The summed E-state index contributed by atoms with van der Waals surface area (Å²) in [6.45, 7) is 6.17. The van der Waals surface area contributed by atoms with Gasteiger partial charge in [-0.25, -0.2) is 15.0 Å². The van der Waals surface area contributed by atoms with Gasteiger partial charge < -0.3 is 25.5 Å². The molecule has 3 aromatic heterocycles. The van der Waals surface area contributed by atoms with Gasteiger partial charge in [0.05, 0.1) is 27.5 Å². The molecule has 0 spiro atoms. The van der Waals surface area contributed by atoms with Crippen LogP contribution >= 0.6 is 15.9 Å². The number of aromatic nitrogens is 4. The van der Waals surface area contributed by atoms with Gasteiger partial charge in [0.25, 0.3) is 0 Å². The van der Waals surface area contributed by atoms with Gasteiger partial charge in [-0.05, 0) is 60.0 Å². The minimum absolute atomic E-state index is 0.0404. The van der Waals surface area contributed by atoms with E-state index in [1.807, 2.05) is 32.2 Å². The number of nitrogens with zero attached hydrogens (tertiary/aromatic N) is 4. The fourth-order valence-corrected chi connectivity index (χ4v) is 5.84. The second-order valence-electron chi connectivity index (χ2n) is 10.2. The van der Waals surface area contributed by atoms with Crippen molar-refractivity contribution in [3.8, 4) is 0 Å². The monoisotopic (exact) mass is 534 g/mol. The van der Waals surface area contributed by atoms with Gasteiger partial charge in [0.2, 0.25) is 0 Å². The topological polar surface area (TPSA) is 114 Å². The maximum absolute atomic E-state index is 6.46. The maximum Gasteiger partial charge on any atom is 0.163 e. The van der Waals surface area contributed by atoms with Crippen LogP contribution in [0.15, 0.2) is 53.4 Å². The number of anilines is 2. The molecule has 4 heterocycles. The number of ether oxygens (including phenoxy) is 2. The Hall–Kier alpha value is -3.01. The Morgan fingerprint density at radius 3 is 2.74 bits per heavy atom. The third kappa shape index (κ3) is 3.69. The van der Waals surface area contributed by atoms with Crippen LogP contribution in [-0.4, -0.2) is 37.5 Å². The van der Waals surface area contributed by atoms with Gasteiger partial charge in [0, 0.05) is 17.0 Å². The van der Waals surface area contributed by atoms with Crippen molar-refractivity contribution in [1.29, 1.82) is 0 Å². The lowest BCUT2D eigenvalue weighted by Crippen LogP contribution is -2.32. The van der Waals surface area contributed by atoms with E-state index in [1.54, 1.807) is 0 Å². The maximum atomic E-state index is 6.46. The Morgan fingerprint density at radius 2 is 1.91 bits per heavy atom. The van der Waals surface area contributed by atoms with E-state index in [-0.39, 0.29) is 23.7 Å². The van der Waals surface area contributed by atoms with Crippen LogP contribution in [0.5, 0.6) is 0 Å². The highest BCUT2D eigenvalue weighted by Crippen LogP contribution is 2.54. The zero-order valence-corrected chi connectivity index (χ0v) is 21.4. The Labute approximate surface area is 211 Å². The zero-order chi connectivity index (χ0) is 24.5. The molecule has 0 amide bonds. The van der Waals surface area contributed by atoms with E-state index >= 15 is 0 Å². The molecule has 8 nitrogen and oxygen atoms in total. The molecule has 1 aliphatic heterocycles. The molecule has 1 aromatic carbocycles. The summed E-state index contributed by atoms with van der Waals surface area (Å²) >= 11 is 3.45. The first-order valence-electron chi connectivity index (χ1n) is 11.6. The molecule has 6 rings (SSSR count). The lowest BCUT2D eigenvalue weighted by atomic mass is 9.85. The summed E-state index contributed by atoms with van der Waals surface area (Å²) in [5.41, 5.74) is 14.6. The minimum Gasteiger partial charge on any atom is -0.383 e. The minimum atomic E-state index is -0.669. The highest BCUT2D eigenvalue weighted by Gasteiger charge is 2.59. The van der Waals surface area contributed by atoms with Crippen molar-refractivity contribution in [3.63, 3.8) is 0 Å². The van der Waals surface area contributed by atoms with E-state index in [2.05, 4.69) is 72.7 Å². The second-order valence-corrected chi connectivity index (χ2v) is 11.0. The molecule has 2 aliphatic rings. The van der Waals surface area contributed by atoms with Crippen LogP contribution in [0.4, 0.5) is 11.6 Å². The van der Waals surface area contributed by atoms with Gasteiger partial charge in [-0.3, -0.25) is 0 Å². The van der Waals surface area contributed by atoms with Gasteiger partial charge in [-0.15, -0.1) is 0 Å². The van der Waals surface area contributed by atoms with Crippen LogP contribution in [0.1, 0.15) is 38.8 Å². The van der Waals surface area contributed by atoms with Crippen LogP contribution < -0.4 is 11.5 Å². The van der Waals surface area contributed by atoms with Crippen molar-refractivity contribution in [2.24, 2.45) is 5.41 Å². The number of benzene rings is 1. The van der Waals surface area contributed by atoms with E-state index in [0.29, 0.717) is 11.6 Å². The van der Waals surface area contributed by atoms with Crippen LogP contribution in [0.2, 0.25) is 0 Å². The highest BCUT2D eigenvalue weighted by atomic mass is 79.9. The summed E-state index contributed by atoms with van der Waals surface area (Å²) in [7, 11) is 0. The summed E-state index contributed by atoms with van der Waals surface area (Å²) in [6, 6.07) is 10.2. The second kappa shape index (κ2) is 7.74. The normalized spacial score (nSPS) is 27.8. The summed E-state index contributed by atoms with van der Waals surface area (Å²) in [6.07, 6.45) is 8.51. The first kappa shape index (κ1) is 22.5. The average molecular weight is 535 g/mol. The van der Waals surface area contributed by atoms with E-state index in [4.69, 9.17) is 20.9 Å². The number of pyridine rings is 1. The van der Waals surface area contributed by atoms with Gasteiger partial charge in [-0.2, -0.15) is 0 Å². The van der Waals surface area contributed by atoms with Gasteiger partial charge in [0.1, 0.15) is 29.7 Å². The Kier molecular flexibility index (Phi) is 4.97. The van der Waals surface area contributed by atoms with Crippen molar-refractivity contribution < 1.29 is 9.47 Å². The molecular formula is C26H27BrN6O2. The Balaban J connectivity index is 1.37. The number of hydrogen-bond donors (Lipinski definition) is 2. The molecule has 1 aliphatic carbocycles. The summed E-state index contributed by atoms with van der Waals surface area (Å²) < 4.78 is 15.9. The number of fused-ring (bicyclic) bond motifs is 3. The number of halogens is 1. The van der Waals surface area contributed by atoms with Crippen LogP contribution in [0.3, 0.4) is 0 Å². The predicted molar refractivity (Wildman–Crippen MR) is 140 cm³/mol. The van der Waals surface area contributed by atoms with Crippen molar-refractivity contribution >= 4 is 55.6 Å². The molecule has 4 aromatic rings. The van der Waals surface area contributed by atoms with Crippen LogP contribution in [0.25, 0.3) is 28.0 Å². The quantitative estimate of drug-likeness (QED) is 0.376. The molecule has 0 radical (unpaired) electrons. The largest absolute Gasteiger partial charge is 0.383 e. The molecule has 9 heteroatoms. The van der Waals surface area contributed by atoms with Gasteiger partial charge in [0.15, 0.2) is 5.79 Å². The standard InChI is InChI=1S/C26H27BrN6O2/c1-25(2)34-20-19(33-9-7-16-22(28)30-13-31-24(16)33)12-26(3,21(20)35-25)8-6-14-4-5-15-11-17(27)23(29)32-18(15)10-14/h4-11,13,19-21H,12H2,1-3H3,(H2,29,32)(H2,28,30,31)/b8-6+/t19-,20+,21+,26+/m1/s1. The summed E-state index contributed by atoms with van der Waals surface area (Å²) in [4.78, 5) is 13.2. The molecule has 0 bridgehead atoms. The number of rotatable bonds is 3. The van der Waals surface area contributed by atoms with E-state index in [9.17, 15) is 0 Å². The number of hydrogen-bond acceptors (Lipinski definition) is 7. The Bertz CT molecular complexity index is 1500. The summed E-state index contributed by atoms with van der Waals surface area (Å²) in [5.74, 6) is 0.291. The fraction of sp³-hybridized carbons (Fsp3) is 0.346. The first-order valence-corrected chi connectivity index (χ1v) is 12.4. The lowest BCUT2D eigenvalue weighted by Gasteiger charge is -2.29. The third-order valence-corrected chi connectivity index (χ3v) is 7.82. The van der Waals surface area contributed by atoms with Crippen molar-refractivity contribution in [1.82, 2.24) is 19.5 Å². The number of nitrogens with two attached hydrogens (primary N) is 2. The molecular weight excluding hydrogens is 508 g/mol. The van der Waals surface area contributed by atoms with Crippen molar-refractivity contribution in [2.45, 2.75) is 51.2 Å². The SMILES string of the molecule is CC1(C)O[C@H]2[C@H](n3ccc4c(N)ncnc43)C[C@](C)(/C=C/c3ccc4cc(Br)c(N)nc4c3)[C@H]2O1. The van der Waals surface area contributed by atoms with Gasteiger partial charge >= 0.3 is 0 Å². The molecule has 2 fully saturated rings. The predicted octanol–water partition coefficient (Wildman–Crippen LogP) is 5.09. The molecule has 0 unspecified atom stereocenters. The third-order valence-electron chi connectivity index (χ3n) is 7.18. The molecule has 35 heavy (non-hydrogen) atoms. The van der Waals surface area contributed by atoms with E-state index < -0.39 is 5.79 Å². The molecule has 180 valence electrons. The molecule has 4 N–H and O–H groups in total.